The summed E-state index contributed by atoms with van der Waals surface area (Å²) >= 11 is 0. The van der Waals surface area contributed by atoms with Crippen LogP contribution in [0.3, 0.4) is 0 Å². The molecule has 1 aliphatic carbocycles. The quantitative estimate of drug-likeness (QED) is 0.802. The standard InChI is InChI=1S/C12H12F2O2/c1-16-12-10(14)3-2-9(13)11(12)8-6-7(8)4-5-15/h2-5,7-8,15H,6H2,1H3/b5-4+/t7?,8-/m0/s1. The van der Waals surface area contributed by atoms with Gasteiger partial charge in [0.05, 0.1) is 13.4 Å². The molecule has 0 amide bonds. The van der Waals surface area contributed by atoms with Crippen LogP contribution in [0.2, 0.25) is 0 Å². The second-order valence-corrected chi connectivity index (χ2v) is 3.82. The number of aliphatic hydroxyl groups excluding tert-OH is 1. The summed E-state index contributed by atoms with van der Waals surface area (Å²) in [6.45, 7) is 0. The zero-order valence-corrected chi connectivity index (χ0v) is 8.78. The summed E-state index contributed by atoms with van der Waals surface area (Å²) in [7, 11) is 1.32. The lowest BCUT2D eigenvalue weighted by molar-refractivity contribution is 0.375. The van der Waals surface area contributed by atoms with E-state index in [0.717, 1.165) is 18.4 Å². The van der Waals surface area contributed by atoms with Crippen molar-refractivity contribution in [3.05, 3.63) is 41.7 Å². The van der Waals surface area contributed by atoms with Gasteiger partial charge in [-0.25, -0.2) is 8.78 Å². The second-order valence-electron chi connectivity index (χ2n) is 3.82. The van der Waals surface area contributed by atoms with E-state index in [9.17, 15) is 8.78 Å². The van der Waals surface area contributed by atoms with E-state index in [4.69, 9.17) is 9.84 Å². The van der Waals surface area contributed by atoms with E-state index in [1.807, 2.05) is 0 Å². The molecule has 1 unspecified atom stereocenters. The minimum Gasteiger partial charge on any atom is -0.516 e. The van der Waals surface area contributed by atoms with Crippen LogP contribution in [0, 0.1) is 17.6 Å². The molecule has 1 aromatic rings. The Bertz CT molecular complexity index is 429. The Balaban J connectivity index is 2.37. The average Bonchev–Trinajstić information content (AvgIpc) is 3.00. The van der Waals surface area contributed by atoms with Crippen molar-refractivity contribution in [2.75, 3.05) is 7.11 Å². The normalized spacial score (nSPS) is 23.7. The third kappa shape index (κ3) is 1.75. The zero-order chi connectivity index (χ0) is 11.7. The number of ether oxygens (including phenoxy) is 1. The Kier molecular flexibility index (Phi) is 2.81. The number of benzene rings is 1. The molecule has 2 nitrogen and oxygen atoms in total. The van der Waals surface area contributed by atoms with Crippen molar-refractivity contribution in [2.45, 2.75) is 12.3 Å². The summed E-state index contributed by atoms with van der Waals surface area (Å²) in [5.41, 5.74) is 0.269. The Morgan fingerprint density at radius 1 is 1.38 bits per heavy atom. The Morgan fingerprint density at radius 2 is 2.06 bits per heavy atom. The number of halogens is 2. The van der Waals surface area contributed by atoms with Crippen LogP contribution in [0.25, 0.3) is 0 Å². The van der Waals surface area contributed by atoms with Crippen molar-refractivity contribution in [1.82, 2.24) is 0 Å². The molecule has 2 atom stereocenters. The van der Waals surface area contributed by atoms with Crippen LogP contribution in [-0.2, 0) is 0 Å². The van der Waals surface area contributed by atoms with Gasteiger partial charge >= 0.3 is 0 Å². The molecule has 86 valence electrons. The lowest BCUT2D eigenvalue weighted by Crippen LogP contribution is -1.98. The Labute approximate surface area is 92.2 Å². The molecule has 2 rings (SSSR count). The van der Waals surface area contributed by atoms with E-state index in [2.05, 4.69) is 0 Å². The molecule has 0 spiro atoms. The van der Waals surface area contributed by atoms with Crippen LogP contribution in [0.4, 0.5) is 8.78 Å². The summed E-state index contributed by atoms with van der Waals surface area (Å²) in [5.74, 6) is -1.09. The first-order valence-electron chi connectivity index (χ1n) is 5.01. The monoisotopic (exact) mass is 226 g/mol. The molecule has 0 aliphatic heterocycles. The Hall–Kier alpha value is -1.58. The van der Waals surface area contributed by atoms with E-state index >= 15 is 0 Å². The summed E-state index contributed by atoms with van der Waals surface area (Å²) < 4.78 is 31.8. The molecule has 0 saturated heterocycles. The van der Waals surface area contributed by atoms with Gasteiger partial charge in [-0.3, -0.25) is 0 Å². The van der Waals surface area contributed by atoms with Crippen LogP contribution in [-0.4, -0.2) is 12.2 Å². The minimum atomic E-state index is -0.558. The van der Waals surface area contributed by atoms with E-state index in [1.54, 1.807) is 6.08 Å². The van der Waals surface area contributed by atoms with Crippen LogP contribution in [0.15, 0.2) is 24.5 Å². The van der Waals surface area contributed by atoms with Gasteiger partial charge in [0.25, 0.3) is 0 Å². The highest BCUT2D eigenvalue weighted by atomic mass is 19.1. The maximum atomic E-state index is 13.6. The van der Waals surface area contributed by atoms with Gasteiger partial charge in [-0.05, 0) is 36.5 Å². The average molecular weight is 226 g/mol. The number of hydrogen-bond acceptors (Lipinski definition) is 2. The fourth-order valence-electron chi connectivity index (χ4n) is 1.97. The molecule has 0 radical (unpaired) electrons. The number of rotatable bonds is 3. The smallest absolute Gasteiger partial charge is 0.165 e. The molecule has 0 aromatic heterocycles. The molecule has 0 heterocycles. The van der Waals surface area contributed by atoms with Crippen LogP contribution < -0.4 is 4.74 Å². The molecule has 1 aromatic carbocycles. The molecule has 1 saturated carbocycles. The number of methoxy groups -OCH3 is 1. The highest BCUT2D eigenvalue weighted by Gasteiger charge is 2.40. The van der Waals surface area contributed by atoms with Crippen LogP contribution in [0.5, 0.6) is 5.75 Å². The van der Waals surface area contributed by atoms with Gasteiger partial charge in [0.2, 0.25) is 0 Å². The molecule has 16 heavy (non-hydrogen) atoms. The molecular formula is C12H12F2O2. The predicted molar refractivity (Wildman–Crippen MR) is 55.5 cm³/mol. The lowest BCUT2D eigenvalue weighted by Gasteiger charge is -2.09. The third-order valence-corrected chi connectivity index (χ3v) is 2.84. The minimum absolute atomic E-state index is 0.0289. The van der Waals surface area contributed by atoms with Gasteiger partial charge in [0, 0.05) is 5.56 Å². The lowest BCUT2D eigenvalue weighted by atomic mass is 10.1. The summed E-state index contributed by atoms with van der Waals surface area (Å²) in [5, 5.41) is 8.61. The summed E-state index contributed by atoms with van der Waals surface area (Å²) in [4.78, 5) is 0. The van der Waals surface area contributed by atoms with Gasteiger partial charge in [-0.2, -0.15) is 0 Å². The predicted octanol–water partition coefficient (Wildman–Crippen LogP) is 3.15. The fraction of sp³-hybridized carbons (Fsp3) is 0.333. The van der Waals surface area contributed by atoms with E-state index in [0.29, 0.717) is 6.42 Å². The van der Waals surface area contributed by atoms with Crippen molar-refractivity contribution in [1.29, 1.82) is 0 Å². The van der Waals surface area contributed by atoms with Gasteiger partial charge < -0.3 is 9.84 Å². The topological polar surface area (TPSA) is 29.5 Å². The van der Waals surface area contributed by atoms with Gasteiger partial charge in [0.15, 0.2) is 11.6 Å². The SMILES string of the molecule is COc1c(F)ccc(F)c1[C@H]1CC1/C=C/O. The van der Waals surface area contributed by atoms with E-state index in [1.165, 1.54) is 7.11 Å². The molecule has 0 bridgehead atoms. The van der Waals surface area contributed by atoms with E-state index < -0.39 is 11.6 Å². The molecule has 1 fully saturated rings. The van der Waals surface area contributed by atoms with Crippen molar-refractivity contribution in [3.8, 4) is 5.75 Å². The first-order valence-corrected chi connectivity index (χ1v) is 5.01. The zero-order valence-electron chi connectivity index (χ0n) is 8.78. The third-order valence-electron chi connectivity index (χ3n) is 2.84. The van der Waals surface area contributed by atoms with Gasteiger partial charge in [-0.15, -0.1) is 0 Å². The van der Waals surface area contributed by atoms with Crippen molar-refractivity contribution in [3.63, 3.8) is 0 Å². The number of allylic oxidation sites excluding steroid dienone is 1. The van der Waals surface area contributed by atoms with Gasteiger partial charge in [0.1, 0.15) is 5.82 Å². The van der Waals surface area contributed by atoms with Crippen LogP contribution >= 0.6 is 0 Å². The largest absolute Gasteiger partial charge is 0.516 e. The maximum Gasteiger partial charge on any atom is 0.165 e. The van der Waals surface area contributed by atoms with E-state index in [-0.39, 0.29) is 23.1 Å². The van der Waals surface area contributed by atoms with Crippen molar-refractivity contribution < 1.29 is 18.6 Å². The summed E-state index contributed by atoms with van der Waals surface area (Å²) in [6.07, 6.45) is 3.22. The first-order chi connectivity index (χ1) is 7.69. The fourth-order valence-corrected chi connectivity index (χ4v) is 1.97. The highest BCUT2D eigenvalue weighted by Crippen LogP contribution is 2.52. The number of aliphatic hydroxyl groups is 1. The molecule has 4 heteroatoms. The number of hydrogen-bond donors (Lipinski definition) is 1. The molecular weight excluding hydrogens is 214 g/mol. The van der Waals surface area contributed by atoms with Gasteiger partial charge in [-0.1, -0.05) is 0 Å². The molecule has 1 N–H and O–H groups in total. The van der Waals surface area contributed by atoms with Crippen molar-refractivity contribution in [2.24, 2.45) is 5.92 Å². The summed E-state index contributed by atoms with van der Waals surface area (Å²) in [6, 6.07) is 2.15. The second kappa shape index (κ2) is 4.12. The van der Waals surface area contributed by atoms with Crippen molar-refractivity contribution >= 4 is 0 Å². The molecule has 1 aliphatic rings. The first kappa shape index (κ1) is 10.9. The highest BCUT2D eigenvalue weighted by molar-refractivity contribution is 5.42. The maximum absolute atomic E-state index is 13.6. The Morgan fingerprint density at radius 3 is 2.69 bits per heavy atom. The van der Waals surface area contributed by atoms with Crippen LogP contribution in [0.1, 0.15) is 17.9 Å².